The van der Waals surface area contributed by atoms with Gasteiger partial charge in [0.1, 0.15) is 6.73 Å². The van der Waals surface area contributed by atoms with Crippen molar-refractivity contribution in [2.75, 3.05) is 19.1 Å². The van der Waals surface area contributed by atoms with Crippen LogP contribution in [0.25, 0.3) is 11.1 Å². The highest BCUT2D eigenvalue weighted by Crippen LogP contribution is 2.39. The normalized spacial score (nSPS) is 14.9. The Hall–Kier alpha value is -2.25. The molecule has 0 aliphatic carbocycles. The van der Waals surface area contributed by atoms with Crippen LogP contribution in [0.15, 0.2) is 41.5 Å². The van der Waals surface area contributed by atoms with Gasteiger partial charge in [-0.1, -0.05) is 29.8 Å². The van der Waals surface area contributed by atoms with Crippen LogP contribution in [0.1, 0.15) is 11.1 Å². The molecule has 2 aromatic carbocycles. The molecule has 0 radical (unpaired) electrons. The number of rotatable bonds is 2. The lowest BCUT2D eigenvalue weighted by Crippen LogP contribution is -2.26. The monoisotopic (exact) mass is 355 g/mol. The van der Waals surface area contributed by atoms with Gasteiger partial charge < -0.3 is 10.5 Å². The molecule has 8 heteroatoms. The minimum Gasteiger partial charge on any atom is -0.398 e. The summed E-state index contributed by atoms with van der Waals surface area (Å²) in [7, 11) is 0. The van der Waals surface area contributed by atoms with E-state index in [9.17, 15) is 13.2 Å². The zero-order chi connectivity index (χ0) is 17.3. The molecule has 0 saturated carbocycles. The van der Waals surface area contributed by atoms with Gasteiger partial charge in [-0.2, -0.15) is 18.3 Å². The van der Waals surface area contributed by atoms with Gasteiger partial charge in [0, 0.05) is 5.56 Å². The van der Waals surface area contributed by atoms with Crippen LogP contribution in [0.5, 0.6) is 0 Å². The zero-order valence-electron chi connectivity index (χ0n) is 12.3. The number of hydrazone groups is 1. The lowest BCUT2D eigenvalue weighted by Gasteiger charge is -2.18. The molecular formula is C16H13ClF3N3O. The predicted octanol–water partition coefficient (Wildman–Crippen LogP) is 3.89. The number of nitrogens with zero attached hydrogens (tertiary/aromatic N) is 1. The van der Waals surface area contributed by atoms with Gasteiger partial charge in [-0.25, -0.2) is 0 Å². The largest absolute Gasteiger partial charge is 0.417 e. The van der Waals surface area contributed by atoms with Crippen molar-refractivity contribution in [1.29, 1.82) is 0 Å². The van der Waals surface area contributed by atoms with Crippen molar-refractivity contribution < 1.29 is 17.9 Å². The molecule has 1 heterocycles. The second-order valence-electron chi connectivity index (χ2n) is 5.20. The smallest absolute Gasteiger partial charge is 0.398 e. The molecule has 3 rings (SSSR count). The average Bonchev–Trinajstić information content (AvgIpc) is 2.57. The third kappa shape index (κ3) is 3.32. The summed E-state index contributed by atoms with van der Waals surface area (Å²) in [6.45, 7) is 0.384. The number of ether oxygens (including phenoxy) is 1. The van der Waals surface area contributed by atoms with Crippen molar-refractivity contribution >= 4 is 23.0 Å². The molecule has 1 aliphatic heterocycles. The number of hydrogen-bond donors (Lipinski definition) is 2. The predicted molar refractivity (Wildman–Crippen MR) is 86.8 cm³/mol. The molecule has 24 heavy (non-hydrogen) atoms. The minimum absolute atomic E-state index is 0.0277. The fraction of sp³-hybridized carbons (Fsp3) is 0.188. The maximum absolute atomic E-state index is 13.5. The number of halogens is 4. The molecule has 0 bridgehead atoms. The van der Waals surface area contributed by atoms with Crippen LogP contribution < -0.4 is 11.2 Å². The molecule has 0 unspecified atom stereocenters. The van der Waals surface area contributed by atoms with Gasteiger partial charge in [0.15, 0.2) is 0 Å². The number of benzene rings is 2. The quantitative estimate of drug-likeness (QED) is 0.803. The number of alkyl halides is 3. The fourth-order valence-corrected chi connectivity index (χ4v) is 2.54. The molecular weight excluding hydrogens is 343 g/mol. The van der Waals surface area contributed by atoms with E-state index in [0.29, 0.717) is 21.9 Å². The molecule has 1 aliphatic rings. The molecule has 126 valence electrons. The van der Waals surface area contributed by atoms with Crippen molar-refractivity contribution in [3.8, 4) is 11.1 Å². The second-order valence-corrected chi connectivity index (χ2v) is 5.61. The van der Waals surface area contributed by atoms with E-state index in [4.69, 9.17) is 22.1 Å². The first-order valence-corrected chi connectivity index (χ1v) is 7.38. The van der Waals surface area contributed by atoms with Gasteiger partial charge in [-0.05, 0) is 29.3 Å². The maximum atomic E-state index is 13.5. The Labute approximate surface area is 141 Å². The average molecular weight is 356 g/mol. The molecule has 0 atom stereocenters. The highest BCUT2D eigenvalue weighted by atomic mass is 35.5. The topological polar surface area (TPSA) is 59.6 Å². The van der Waals surface area contributed by atoms with Gasteiger partial charge in [0.2, 0.25) is 0 Å². The van der Waals surface area contributed by atoms with Crippen LogP contribution in [-0.2, 0) is 10.9 Å². The summed E-state index contributed by atoms with van der Waals surface area (Å²) in [6, 6.07) is 8.45. The second kappa shape index (κ2) is 6.33. The number of hydrogen-bond acceptors (Lipinski definition) is 4. The van der Waals surface area contributed by atoms with Gasteiger partial charge >= 0.3 is 6.18 Å². The van der Waals surface area contributed by atoms with Crippen LogP contribution in [0.4, 0.5) is 18.9 Å². The molecule has 0 spiro atoms. The van der Waals surface area contributed by atoms with Crippen LogP contribution in [-0.4, -0.2) is 19.0 Å². The lowest BCUT2D eigenvalue weighted by molar-refractivity contribution is -0.137. The molecule has 4 nitrogen and oxygen atoms in total. The van der Waals surface area contributed by atoms with E-state index in [1.165, 1.54) is 24.3 Å². The van der Waals surface area contributed by atoms with E-state index < -0.39 is 11.7 Å². The van der Waals surface area contributed by atoms with Crippen molar-refractivity contribution in [3.05, 3.63) is 52.5 Å². The highest BCUT2D eigenvalue weighted by molar-refractivity contribution is 6.33. The van der Waals surface area contributed by atoms with E-state index >= 15 is 0 Å². The van der Waals surface area contributed by atoms with Gasteiger partial charge in [0.05, 0.1) is 28.6 Å². The van der Waals surface area contributed by atoms with E-state index in [2.05, 4.69) is 10.5 Å². The minimum atomic E-state index is -4.52. The zero-order valence-corrected chi connectivity index (χ0v) is 13.1. The van der Waals surface area contributed by atoms with Crippen LogP contribution in [0, 0.1) is 0 Å². The number of anilines is 1. The lowest BCUT2D eigenvalue weighted by atomic mass is 9.95. The number of nitrogen functional groups attached to an aromatic ring is 1. The molecule has 0 amide bonds. The summed E-state index contributed by atoms with van der Waals surface area (Å²) in [5.41, 5.74) is 8.90. The summed E-state index contributed by atoms with van der Waals surface area (Å²) >= 11 is 5.84. The van der Waals surface area contributed by atoms with Gasteiger partial charge in [-0.15, -0.1) is 0 Å². The van der Waals surface area contributed by atoms with Gasteiger partial charge in [-0.3, -0.25) is 5.43 Å². The van der Waals surface area contributed by atoms with Crippen LogP contribution in [0.3, 0.4) is 0 Å². The standard InChI is InChI=1S/C16H13ClF3N3O/c17-13-4-2-9(6-14(13)21)11-3-1-10(5-12(11)16(18,19)20)15-7-24-8-22-23-15/h1-6,22H,7-8,21H2. The van der Waals surface area contributed by atoms with Crippen molar-refractivity contribution in [2.24, 2.45) is 5.10 Å². The third-order valence-electron chi connectivity index (χ3n) is 3.58. The summed E-state index contributed by atoms with van der Waals surface area (Å²) in [6.07, 6.45) is -4.52. The first-order chi connectivity index (χ1) is 11.4. The fourth-order valence-electron chi connectivity index (χ4n) is 2.42. The Bertz CT molecular complexity index is 806. The van der Waals surface area contributed by atoms with Crippen LogP contribution in [0.2, 0.25) is 5.02 Å². The summed E-state index contributed by atoms with van der Waals surface area (Å²) in [5, 5.41) is 4.28. The maximum Gasteiger partial charge on any atom is 0.417 e. The molecule has 2 aromatic rings. The Morgan fingerprint density at radius 2 is 1.88 bits per heavy atom. The number of nitrogens with two attached hydrogens (primary N) is 1. The Morgan fingerprint density at radius 1 is 1.12 bits per heavy atom. The first-order valence-electron chi connectivity index (χ1n) is 7.00. The van der Waals surface area contributed by atoms with E-state index in [1.54, 1.807) is 6.07 Å². The molecule has 0 saturated heterocycles. The Morgan fingerprint density at radius 3 is 2.50 bits per heavy atom. The Balaban J connectivity index is 2.12. The summed E-state index contributed by atoms with van der Waals surface area (Å²) in [4.78, 5) is 0. The SMILES string of the molecule is Nc1cc(-c2ccc(C3=NNCOC3)cc2C(F)(F)F)ccc1Cl. The van der Waals surface area contributed by atoms with Crippen molar-refractivity contribution in [2.45, 2.75) is 6.18 Å². The summed E-state index contributed by atoms with van der Waals surface area (Å²) in [5.74, 6) is 0. The van der Waals surface area contributed by atoms with E-state index in [-0.39, 0.29) is 24.6 Å². The molecule has 3 N–H and O–H groups in total. The highest BCUT2D eigenvalue weighted by Gasteiger charge is 2.34. The van der Waals surface area contributed by atoms with Crippen molar-refractivity contribution in [3.63, 3.8) is 0 Å². The number of nitrogens with one attached hydrogen (secondary N) is 1. The first kappa shape index (κ1) is 16.6. The molecule has 0 fully saturated rings. The van der Waals surface area contributed by atoms with Crippen LogP contribution >= 0.6 is 11.6 Å². The molecule has 0 aromatic heterocycles. The van der Waals surface area contributed by atoms with Crippen molar-refractivity contribution in [1.82, 2.24) is 5.43 Å². The van der Waals surface area contributed by atoms with E-state index in [0.717, 1.165) is 6.07 Å². The summed E-state index contributed by atoms with van der Waals surface area (Å²) < 4.78 is 45.7. The van der Waals surface area contributed by atoms with Gasteiger partial charge in [0.25, 0.3) is 0 Å². The Kier molecular flexibility index (Phi) is 4.38. The van der Waals surface area contributed by atoms with E-state index in [1.807, 2.05) is 0 Å². The third-order valence-corrected chi connectivity index (χ3v) is 3.93.